The predicted octanol–water partition coefficient (Wildman–Crippen LogP) is 2.30. The summed E-state index contributed by atoms with van der Waals surface area (Å²) >= 11 is 0. The largest absolute Gasteiger partial charge is 0.481 e. The fraction of sp³-hybridized carbons (Fsp3) is 0.400. The number of aliphatic carboxylic acids is 1. The molecule has 1 aliphatic carbocycles. The van der Waals surface area contributed by atoms with Crippen LogP contribution in [0.25, 0.3) is 0 Å². The molecule has 1 saturated carbocycles. The van der Waals surface area contributed by atoms with Crippen molar-refractivity contribution in [3.63, 3.8) is 0 Å². The quantitative estimate of drug-likeness (QED) is 0.774. The van der Waals surface area contributed by atoms with Crippen LogP contribution in [0.3, 0.4) is 0 Å². The molecule has 1 aliphatic rings. The van der Waals surface area contributed by atoms with Crippen molar-refractivity contribution in [3.05, 3.63) is 24.3 Å². The summed E-state index contributed by atoms with van der Waals surface area (Å²) in [7, 11) is 0. The molecule has 0 radical (unpaired) electrons. The molecule has 0 unspecified atom stereocenters. The molecule has 2 amide bonds. The molecular weight excluding hydrogens is 288 g/mol. The number of hydrogen-bond donors (Lipinski definition) is 3. The summed E-state index contributed by atoms with van der Waals surface area (Å²) in [4.78, 5) is 33.9. The fourth-order valence-corrected chi connectivity index (χ4v) is 2.20. The number of ether oxygens (including phenoxy) is 1. The second-order valence-electron chi connectivity index (χ2n) is 5.12. The van der Waals surface area contributed by atoms with E-state index in [-0.39, 0.29) is 11.8 Å². The zero-order valence-electron chi connectivity index (χ0n) is 12.2. The normalized spacial score (nSPS) is 19.7. The molecule has 1 aromatic rings. The summed E-state index contributed by atoms with van der Waals surface area (Å²) in [5, 5.41) is 14.1. The average Bonchev–Trinajstić information content (AvgIpc) is 2.39. The third-order valence-electron chi connectivity index (χ3n) is 3.53. The van der Waals surface area contributed by atoms with Crippen molar-refractivity contribution in [2.45, 2.75) is 19.8 Å². The van der Waals surface area contributed by atoms with Crippen LogP contribution in [-0.2, 0) is 14.3 Å². The van der Waals surface area contributed by atoms with Gasteiger partial charge in [0.25, 0.3) is 0 Å². The molecule has 0 bridgehead atoms. The van der Waals surface area contributed by atoms with Gasteiger partial charge in [0.05, 0.1) is 12.5 Å². The van der Waals surface area contributed by atoms with Gasteiger partial charge in [0, 0.05) is 17.3 Å². The topological polar surface area (TPSA) is 105 Å². The van der Waals surface area contributed by atoms with E-state index in [0.29, 0.717) is 30.8 Å². The Morgan fingerprint density at radius 3 is 2.14 bits per heavy atom. The van der Waals surface area contributed by atoms with Gasteiger partial charge in [-0.25, -0.2) is 4.79 Å². The first-order chi connectivity index (χ1) is 10.5. The highest BCUT2D eigenvalue weighted by atomic mass is 16.5. The third-order valence-corrected chi connectivity index (χ3v) is 3.53. The highest BCUT2D eigenvalue weighted by Gasteiger charge is 2.38. The Labute approximate surface area is 127 Å². The number of amides is 2. The number of nitrogens with one attached hydrogen (secondary N) is 2. The van der Waals surface area contributed by atoms with Crippen molar-refractivity contribution >= 4 is 29.3 Å². The van der Waals surface area contributed by atoms with Crippen molar-refractivity contribution in [2.75, 3.05) is 17.2 Å². The molecule has 0 atom stereocenters. The van der Waals surface area contributed by atoms with Gasteiger partial charge in [0.2, 0.25) is 5.91 Å². The van der Waals surface area contributed by atoms with Crippen LogP contribution in [0.5, 0.6) is 0 Å². The molecular formula is C15H18N2O5. The van der Waals surface area contributed by atoms with Crippen LogP contribution >= 0.6 is 0 Å². The van der Waals surface area contributed by atoms with Crippen LogP contribution in [0.4, 0.5) is 16.2 Å². The van der Waals surface area contributed by atoms with Gasteiger partial charge in [-0.1, -0.05) is 0 Å². The Kier molecular flexibility index (Phi) is 4.98. The number of hydrogen-bond acceptors (Lipinski definition) is 4. The Hall–Kier alpha value is -2.57. The lowest BCUT2D eigenvalue weighted by Gasteiger charge is -2.30. The standard InChI is InChI=1S/C15H18N2O5/c1-2-22-15(21)17-12-5-3-11(4-6-12)16-13(18)9-7-10(8-9)14(19)20/h3-6,9-10H,2,7-8H2,1H3,(H,16,18)(H,17,21)(H,19,20). The van der Waals surface area contributed by atoms with Gasteiger partial charge in [0.1, 0.15) is 0 Å². The Morgan fingerprint density at radius 2 is 1.64 bits per heavy atom. The number of rotatable bonds is 5. The van der Waals surface area contributed by atoms with Crippen LogP contribution < -0.4 is 10.6 Å². The van der Waals surface area contributed by atoms with E-state index in [0.717, 1.165) is 0 Å². The number of carboxylic acids is 1. The lowest BCUT2D eigenvalue weighted by atomic mass is 9.74. The van der Waals surface area contributed by atoms with Gasteiger partial charge in [-0.05, 0) is 44.0 Å². The van der Waals surface area contributed by atoms with Crippen molar-refractivity contribution in [1.29, 1.82) is 0 Å². The zero-order chi connectivity index (χ0) is 16.1. The lowest BCUT2D eigenvalue weighted by Crippen LogP contribution is -2.38. The molecule has 0 aromatic heterocycles. The first kappa shape index (κ1) is 15.8. The summed E-state index contributed by atoms with van der Waals surface area (Å²) in [5.74, 6) is -1.69. The molecule has 1 fully saturated rings. The first-order valence-electron chi connectivity index (χ1n) is 7.07. The number of benzene rings is 1. The Balaban J connectivity index is 1.83. The third kappa shape index (κ3) is 3.97. The average molecular weight is 306 g/mol. The van der Waals surface area contributed by atoms with Crippen LogP contribution in [0.15, 0.2) is 24.3 Å². The van der Waals surface area contributed by atoms with E-state index < -0.39 is 18.0 Å². The number of carbonyl (C=O) groups is 3. The van der Waals surface area contributed by atoms with Gasteiger partial charge >= 0.3 is 12.1 Å². The van der Waals surface area contributed by atoms with Gasteiger partial charge in [-0.2, -0.15) is 0 Å². The molecule has 0 aliphatic heterocycles. The molecule has 118 valence electrons. The molecule has 1 aromatic carbocycles. The van der Waals surface area contributed by atoms with Gasteiger partial charge in [-0.3, -0.25) is 14.9 Å². The van der Waals surface area contributed by atoms with Gasteiger partial charge in [0.15, 0.2) is 0 Å². The highest BCUT2D eigenvalue weighted by molar-refractivity contribution is 5.94. The summed E-state index contributed by atoms with van der Waals surface area (Å²) < 4.78 is 4.76. The monoisotopic (exact) mass is 306 g/mol. The van der Waals surface area contributed by atoms with E-state index in [1.165, 1.54) is 0 Å². The minimum Gasteiger partial charge on any atom is -0.481 e. The molecule has 0 heterocycles. The maximum Gasteiger partial charge on any atom is 0.411 e. The van der Waals surface area contributed by atoms with E-state index in [9.17, 15) is 14.4 Å². The summed E-state index contributed by atoms with van der Waals surface area (Å²) in [5.41, 5.74) is 1.16. The molecule has 2 rings (SSSR count). The molecule has 22 heavy (non-hydrogen) atoms. The smallest absolute Gasteiger partial charge is 0.411 e. The number of anilines is 2. The van der Waals surface area contributed by atoms with Crippen LogP contribution in [-0.4, -0.2) is 29.7 Å². The van der Waals surface area contributed by atoms with E-state index in [1.54, 1.807) is 31.2 Å². The second kappa shape index (κ2) is 6.93. The molecule has 7 nitrogen and oxygen atoms in total. The highest BCUT2D eigenvalue weighted by Crippen LogP contribution is 2.34. The Morgan fingerprint density at radius 1 is 1.09 bits per heavy atom. The zero-order valence-corrected chi connectivity index (χ0v) is 12.2. The summed E-state index contributed by atoms with van der Waals surface area (Å²) in [6.07, 6.45) is 0.223. The molecule has 3 N–H and O–H groups in total. The summed E-state index contributed by atoms with van der Waals surface area (Å²) in [6, 6.07) is 6.61. The second-order valence-corrected chi connectivity index (χ2v) is 5.12. The van der Waals surface area contributed by atoms with Gasteiger partial charge < -0.3 is 15.2 Å². The fourth-order valence-electron chi connectivity index (χ4n) is 2.20. The minimum atomic E-state index is -0.849. The lowest BCUT2D eigenvalue weighted by molar-refractivity contribution is -0.147. The van der Waals surface area contributed by atoms with Crippen molar-refractivity contribution < 1.29 is 24.2 Å². The molecule has 0 saturated heterocycles. The minimum absolute atomic E-state index is 0.177. The molecule has 0 spiro atoms. The molecule has 7 heteroatoms. The summed E-state index contributed by atoms with van der Waals surface area (Å²) in [6.45, 7) is 2.01. The van der Waals surface area contributed by atoms with Crippen LogP contribution in [0.2, 0.25) is 0 Å². The van der Waals surface area contributed by atoms with Crippen LogP contribution in [0, 0.1) is 11.8 Å². The van der Waals surface area contributed by atoms with Crippen molar-refractivity contribution in [1.82, 2.24) is 0 Å². The first-order valence-corrected chi connectivity index (χ1v) is 7.07. The maximum absolute atomic E-state index is 11.9. The van der Waals surface area contributed by atoms with Crippen molar-refractivity contribution in [3.8, 4) is 0 Å². The SMILES string of the molecule is CCOC(=O)Nc1ccc(NC(=O)C2CC(C(=O)O)C2)cc1. The van der Waals surface area contributed by atoms with Gasteiger partial charge in [-0.15, -0.1) is 0 Å². The Bertz CT molecular complexity index is 564. The number of carboxylic acid groups (broad SMARTS) is 1. The van der Waals surface area contributed by atoms with E-state index in [4.69, 9.17) is 9.84 Å². The maximum atomic E-state index is 11.9. The van der Waals surface area contributed by atoms with E-state index in [1.807, 2.05) is 0 Å². The number of carbonyl (C=O) groups excluding carboxylic acids is 2. The van der Waals surface area contributed by atoms with E-state index >= 15 is 0 Å². The van der Waals surface area contributed by atoms with Crippen LogP contribution in [0.1, 0.15) is 19.8 Å². The predicted molar refractivity (Wildman–Crippen MR) is 79.6 cm³/mol. The van der Waals surface area contributed by atoms with Crippen molar-refractivity contribution in [2.24, 2.45) is 11.8 Å². The van der Waals surface area contributed by atoms with E-state index in [2.05, 4.69) is 10.6 Å².